The van der Waals surface area contributed by atoms with E-state index in [-0.39, 0.29) is 12.5 Å². The average Bonchev–Trinajstić information content (AvgIpc) is 2.09. The van der Waals surface area contributed by atoms with Gasteiger partial charge in [0, 0.05) is 16.8 Å². The predicted molar refractivity (Wildman–Crippen MR) is 53.0 cm³/mol. The van der Waals surface area contributed by atoms with Crippen LogP contribution in [-0.4, -0.2) is 0 Å². The van der Waals surface area contributed by atoms with E-state index in [1.807, 2.05) is 6.07 Å². The van der Waals surface area contributed by atoms with E-state index in [0.29, 0.717) is 10.7 Å². The van der Waals surface area contributed by atoms with Crippen LogP contribution in [0, 0.1) is 11.3 Å². The van der Waals surface area contributed by atoms with Crippen molar-refractivity contribution in [1.29, 1.82) is 5.26 Å². The highest BCUT2D eigenvalue weighted by Gasteiger charge is 2.09. The minimum atomic E-state index is -0.358. The fourth-order valence-corrected chi connectivity index (χ4v) is 1.26. The molecule has 1 atom stereocenters. The maximum Gasteiger partial charge on any atom is 0.0641 e. The molecule has 0 radical (unpaired) electrons. The van der Waals surface area contributed by atoms with Gasteiger partial charge in [0.2, 0.25) is 0 Å². The number of halogens is 1. The van der Waals surface area contributed by atoms with E-state index in [9.17, 15) is 0 Å². The van der Waals surface area contributed by atoms with E-state index in [4.69, 9.17) is 28.3 Å². The molecule has 0 unspecified atom stereocenters. The van der Waals surface area contributed by atoms with Gasteiger partial charge in [-0.25, -0.2) is 0 Å². The molecule has 1 aromatic carbocycles. The third kappa shape index (κ3) is 2.35. The fourth-order valence-electron chi connectivity index (χ4n) is 1.08. The lowest BCUT2D eigenvalue weighted by Crippen LogP contribution is -2.11. The maximum absolute atomic E-state index is 8.45. The van der Waals surface area contributed by atoms with Gasteiger partial charge in [-0.05, 0) is 23.8 Å². The molecule has 3 nitrogen and oxygen atoms in total. The number of nitriles is 1. The molecule has 0 spiro atoms. The zero-order valence-electron chi connectivity index (χ0n) is 7.00. The van der Waals surface area contributed by atoms with Crippen molar-refractivity contribution in [2.24, 2.45) is 5.73 Å². The summed E-state index contributed by atoms with van der Waals surface area (Å²) < 4.78 is 0. The Hall–Kier alpha value is -1.24. The van der Waals surface area contributed by atoms with Crippen LogP contribution in [-0.2, 0) is 0 Å². The molecular weight excluding hydrogens is 186 g/mol. The number of benzene rings is 1. The second-order valence-corrected chi connectivity index (χ2v) is 3.18. The molecule has 0 fully saturated rings. The molecule has 4 heteroatoms. The molecule has 0 saturated carbocycles. The average molecular weight is 196 g/mol. The van der Waals surface area contributed by atoms with Gasteiger partial charge in [0.05, 0.1) is 12.5 Å². The van der Waals surface area contributed by atoms with Gasteiger partial charge in [0.1, 0.15) is 0 Å². The Labute approximate surface area is 81.9 Å². The van der Waals surface area contributed by atoms with E-state index in [0.717, 1.165) is 5.56 Å². The zero-order valence-corrected chi connectivity index (χ0v) is 7.75. The summed E-state index contributed by atoms with van der Waals surface area (Å²) >= 11 is 5.77. The van der Waals surface area contributed by atoms with Gasteiger partial charge < -0.3 is 11.5 Å². The predicted octanol–water partition coefficient (Wildman–Crippen LogP) is 1.84. The highest BCUT2D eigenvalue weighted by Crippen LogP contribution is 2.24. The van der Waals surface area contributed by atoms with Crippen molar-refractivity contribution in [2.45, 2.75) is 12.5 Å². The SMILES string of the molecule is N#CC[C@H](N)c1cc(Cl)ccc1N. The normalized spacial score (nSPS) is 12.1. The Morgan fingerprint density at radius 2 is 2.23 bits per heavy atom. The van der Waals surface area contributed by atoms with Crippen molar-refractivity contribution >= 4 is 17.3 Å². The van der Waals surface area contributed by atoms with Crippen LogP contribution in [0.15, 0.2) is 18.2 Å². The number of nitrogen functional groups attached to an aromatic ring is 1. The van der Waals surface area contributed by atoms with E-state index in [2.05, 4.69) is 0 Å². The molecule has 0 bridgehead atoms. The van der Waals surface area contributed by atoms with Gasteiger partial charge in [-0.2, -0.15) is 5.26 Å². The van der Waals surface area contributed by atoms with Crippen LogP contribution in [0.1, 0.15) is 18.0 Å². The quantitative estimate of drug-likeness (QED) is 0.707. The Bertz CT molecular complexity index is 343. The minimum Gasteiger partial charge on any atom is -0.398 e. The van der Waals surface area contributed by atoms with Gasteiger partial charge in [0.25, 0.3) is 0 Å². The molecule has 0 aromatic heterocycles. The van der Waals surface area contributed by atoms with Crippen LogP contribution < -0.4 is 11.5 Å². The number of nitrogens with two attached hydrogens (primary N) is 2. The van der Waals surface area contributed by atoms with E-state index in [1.54, 1.807) is 18.2 Å². The smallest absolute Gasteiger partial charge is 0.0641 e. The van der Waals surface area contributed by atoms with Crippen molar-refractivity contribution in [3.05, 3.63) is 28.8 Å². The second-order valence-electron chi connectivity index (χ2n) is 2.74. The molecule has 0 aliphatic rings. The van der Waals surface area contributed by atoms with E-state index in [1.165, 1.54) is 0 Å². The van der Waals surface area contributed by atoms with Crippen LogP contribution in [0.3, 0.4) is 0 Å². The number of hydrogen-bond acceptors (Lipinski definition) is 3. The largest absolute Gasteiger partial charge is 0.398 e. The Morgan fingerprint density at radius 1 is 1.54 bits per heavy atom. The molecule has 0 saturated heterocycles. The molecule has 13 heavy (non-hydrogen) atoms. The van der Waals surface area contributed by atoms with Gasteiger partial charge >= 0.3 is 0 Å². The first kappa shape index (κ1) is 9.85. The van der Waals surface area contributed by atoms with Crippen molar-refractivity contribution in [1.82, 2.24) is 0 Å². The third-order valence-corrected chi connectivity index (χ3v) is 1.99. The van der Waals surface area contributed by atoms with Crippen molar-refractivity contribution < 1.29 is 0 Å². The minimum absolute atomic E-state index is 0.241. The molecule has 0 aliphatic heterocycles. The van der Waals surface area contributed by atoms with Crippen LogP contribution >= 0.6 is 11.6 Å². The molecule has 1 aromatic rings. The molecule has 4 N–H and O–H groups in total. The molecule has 1 rings (SSSR count). The second kappa shape index (κ2) is 4.13. The highest BCUT2D eigenvalue weighted by molar-refractivity contribution is 6.30. The molecule has 68 valence electrons. The molecule has 0 aliphatic carbocycles. The Balaban J connectivity index is 3.00. The first-order valence-corrected chi connectivity index (χ1v) is 4.20. The topological polar surface area (TPSA) is 75.8 Å². The first-order chi connectivity index (χ1) is 6.15. The van der Waals surface area contributed by atoms with Gasteiger partial charge in [-0.15, -0.1) is 0 Å². The zero-order chi connectivity index (χ0) is 9.84. The lowest BCUT2D eigenvalue weighted by Gasteiger charge is -2.10. The Morgan fingerprint density at radius 3 is 2.85 bits per heavy atom. The summed E-state index contributed by atoms with van der Waals surface area (Å²) in [5, 5.41) is 9.04. The standard InChI is InChI=1S/C9H10ClN3/c10-6-1-2-8(12)7(5-6)9(13)3-4-11/h1-2,5,9H,3,12-13H2/t9-/m0/s1. The van der Waals surface area contributed by atoms with Gasteiger partial charge in [-0.3, -0.25) is 0 Å². The Kier molecular flexibility index (Phi) is 3.13. The highest BCUT2D eigenvalue weighted by atomic mass is 35.5. The van der Waals surface area contributed by atoms with E-state index >= 15 is 0 Å². The van der Waals surface area contributed by atoms with Gasteiger partial charge in [0.15, 0.2) is 0 Å². The monoisotopic (exact) mass is 195 g/mol. The summed E-state index contributed by atoms with van der Waals surface area (Å²) in [7, 11) is 0. The molecular formula is C9H10ClN3. The van der Waals surface area contributed by atoms with E-state index < -0.39 is 0 Å². The maximum atomic E-state index is 8.45. The first-order valence-electron chi connectivity index (χ1n) is 3.82. The van der Waals surface area contributed by atoms with Crippen LogP contribution in [0.4, 0.5) is 5.69 Å². The summed E-state index contributed by atoms with van der Waals surface area (Å²) in [5.74, 6) is 0. The number of nitrogens with zero attached hydrogens (tertiary/aromatic N) is 1. The fraction of sp³-hybridized carbons (Fsp3) is 0.222. The van der Waals surface area contributed by atoms with Crippen LogP contribution in [0.25, 0.3) is 0 Å². The lowest BCUT2D eigenvalue weighted by atomic mass is 10.0. The van der Waals surface area contributed by atoms with Crippen molar-refractivity contribution in [3.8, 4) is 6.07 Å². The number of rotatable bonds is 2. The molecule has 0 amide bonds. The summed E-state index contributed by atoms with van der Waals surface area (Å²) in [6.07, 6.45) is 0.241. The summed E-state index contributed by atoms with van der Waals surface area (Å²) in [6.45, 7) is 0. The number of anilines is 1. The van der Waals surface area contributed by atoms with Crippen LogP contribution in [0.5, 0.6) is 0 Å². The summed E-state index contributed by atoms with van der Waals surface area (Å²) in [4.78, 5) is 0. The van der Waals surface area contributed by atoms with Crippen molar-refractivity contribution in [2.75, 3.05) is 5.73 Å². The van der Waals surface area contributed by atoms with Crippen LogP contribution in [0.2, 0.25) is 5.02 Å². The van der Waals surface area contributed by atoms with Crippen molar-refractivity contribution in [3.63, 3.8) is 0 Å². The lowest BCUT2D eigenvalue weighted by molar-refractivity contribution is 0.751. The third-order valence-electron chi connectivity index (χ3n) is 1.76. The summed E-state index contributed by atoms with van der Waals surface area (Å²) in [6, 6.07) is 6.71. The summed E-state index contributed by atoms with van der Waals surface area (Å²) in [5.41, 5.74) is 12.7. The number of hydrogen-bond donors (Lipinski definition) is 2. The molecule has 0 heterocycles. The van der Waals surface area contributed by atoms with Gasteiger partial charge in [-0.1, -0.05) is 11.6 Å².